The van der Waals surface area contributed by atoms with Crippen molar-refractivity contribution in [3.63, 3.8) is 0 Å². The summed E-state index contributed by atoms with van der Waals surface area (Å²) in [7, 11) is 1.67. The van der Waals surface area contributed by atoms with Gasteiger partial charge in [0, 0.05) is 24.6 Å². The molecule has 3 amide bonds. The van der Waals surface area contributed by atoms with E-state index in [9.17, 15) is 14.4 Å². The van der Waals surface area contributed by atoms with Crippen LogP contribution in [0.4, 0.5) is 5.69 Å². The SMILES string of the molecule is Cc1ccc(CCC(=O)NC(C)C(=O)N[C@H]2N=C(c3ccccc3)c3ccccc3N(C)C2=O)cc1. The number of anilines is 1. The number of rotatable bonds is 7. The number of nitrogens with one attached hydrogen (secondary N) is 2. The molecule has 0 aliphatic carbocycles. The van der Waals surface area contributed by atoms with Crippen LogP contribution in [-0.2, 0) is 20.8 Å². The van der Waals surface area contributed by atoms with Gasteiger partial charge in [0.25, 0.3) is 5.91 Å². The first-order valence-electron chi connectivity index (χ1n) is 12.0. The summed E-state index contributed by atoms with van der Waals surface area (Å²) in [6.07, 6.45) is -0.288. The largest absolute Gasteiger partial charge is 0.345 e. The Balaban J connectivity index is 1.48. The van der Waals surface area contributed by atoms with Crippen LogP contribution >= 0.6 is 0 Å². The second kappa shape index (κ2) is 11.0. The molecule has 1 heterocycles. The lowest BCUT2D eigenvalue weighted by Crippen LogP contribution is -2.52. The number of amides is 3. The number of benzene rings is 3. The van der Waals surface area contributed by atoms with E-state index in [0.717, 1.165) is 22.3 Å². The number of likely N-dealkylation sites (N-methyl/N-ethyl adjacent to an activating group) is 1. The van der Waals surface area contributed by atoms with Crippen molar-refractivity contribution in [2.45, 2.75) is 38.9 Å². The van der Waals surface area contributed by atoms with E-state index in [-0.39, 0.29) is 18.2 Å². The molecule has 7 nitrogen and oxygen atoms in total. The number of fused-ring (bicyclic) bond motifs is 1. The zero-order chi connectivity index (χ0) is 25.7. The molecule has 0 bridgehead atoms. The number of aliphatic imine (C=N–C) groups is 1. The summed E-state index contributed by atoms with van der Waals surface area (Å²) in [6.45, 7) is 3.61. The first-order chi connectivity index (χ1) is 17.3. The second-order valence-electron chi connectivity index (χ2n) is 8.94. The van der Waals surface area contributed by atoms with Gasteiger partial charge >= 0.3 is 0 Å². The molecule has 36 heavy (non-hydrogen) atoms. The van der Waals surface area contributed by atoms with Gasteiger partial charge in [-0.05, 0) is 31.9 Å². The molecule has 1 aliphatic rings. The molecule has 1 unspecified atom stereocenters. The van der Waals surface area contributed by atoms with E-state index in [2.05, 4.69) is 15.6 Å². The maximum Gasteiger partial charge on any atom is 0.272 e. The van der Waals surface area contributed by atoms with Crippen LogP contribution in [0, 0.1) is 6.92 Å². The predicted molar refractivity (Wildman–Crippen MR) is 141 cm³/mol. The van der Waals surface area contributed by atoms with E-state index in [0.29, 0.717) is 17.8 Å². The lowest BCUT2D eigenvalue weighted by Gasteiger charge is -2.22. The quantitative estimate of drug-likeness (QED) is 0.541. The first kappa shape index (κ1) is 24.9. The Bertz CT molecular complexity index is 1290. The van der Waals surface area contributed by atoms with Gasteiger partial charge in [-0.15, -0.1) is 0 Å². The van der Waals surface area contributed by atoms with Crippen molar-refractivity contribution < 1.29 is 14.4 Å². The lowest BCUT2D eigenvalue weighted by molar-refractivity contribution is -0.130. The number of nitrogens with zero attached hydrogens (tertiary/aromatic N) is 2. The highest BCUT2D eigenvalue weighted by Gasteiger charge is 2.32. The summed E-state index contributed by atoms with van der Waals surface area (Å²) in [6, 6.07) is 24.2. The van der Waals surface area contributed by atoms with Crippen LogP contribution in [0.5, 0.6) is 0 Å². The van der Waals surface area contributed by atoms with Crippen LogP contribution in [0.25, 0.3) is 0 Å². The topological polar surface area (TPSA) is 90.9 Å². The molecule has 7 heteroatoms. The fourth-order valence-corrected chi connectivity index (χ4v) is 4.09. The van der Waals surface area contributed by atoms with Crippen LogP contribution in [0.2, 0.25) is 0 Å². The molecule has 0 aromatic heterocycles. The van der Waals surface area contributed by atoms with Crippen molar-refractivity contribution in [1.82, 2.24) is 10.6 Å². The third-order valence-corrected chi connectivity index (χ3v) is 6.20. The van der Waals surface area contributed by atoms with Gasteiger partial charge in [-0.25, -0.2) is 4.99 Å². The Kier molecular flexibility index (Phi) is 7.59. The molecule has 0 fully saturated rings. The van der Waals surface area contributed by atoms with Gasteiger partial charge in [-0.2, -0.15) is 0 Å². The van der Waals surface area contributed by atoms with Crippen LogP contribution in [0.1, 0.15) is 35.6 Å². The summed E-state index contributed by atoms with van der Waals surface area (Å²) < 4.78 is 0. The number of hydrogen-bond donors (Lipinski definition) is 2. The summed E-state index contributed by atoms with van der Waals surface area (Å²) in [5, 5.41) is 5.45. The molecule has 184 valence electrons. The molecule has 4 rings (SSSR count). The fraction of sp³-hybridized carbons (Fsp3) is 0.241. The summed E-state index contributed by atoms with van der Waals surface area (Å²) in [5.74, 6) is -1.07. The van der Waals surface area contributed by atoms with E-state index < -0.39 is 18.1 Å². The summed E-state index contributed by atoms with van der Waals surface area (Å²) >= 11 is 0. The fourth-order valence-electron chi connectivity index (χ4n) is 4.09. The van der Waals surface area contributed by atoms with Crippen molar-refractivity contribution in [2.75, 3.05) is 11.9 Å². The van der Waals surface area contributed by atoms with Crippen LogP contribution in [-0.4, -0.2) is 42.7 Å². The van der Waals surface area contributed by atoms with E-state index in [4.69, 9.17) is 0 Å². The van der Waals surface area contributed by atoms with E-state index in [1.165, 1.54) is 4.90 Å². The highest BCUT2D eigenvalue weighted by molar-refractivity contribution is 6.20. The third-order valence-electron chi connectivity index (χ3n) is 6.20. The molecule has 3 aromatic rings. The monoisotopic (exact) mass is 482 g/mol. The molecule has 2 atom stereocenters. The Labute approximate surface area is 211 Å². The Morgan fingerprint density at radius 3 is 2.36 bits per heavy atom. The standard InChI is InChI=1S/C29H30N4O3/c1-19-13-15-21(16-14-19)17-18-25(34)30-20(2)28(35)32-27-29(36)33(3)24-12-8-7-11-23(24)26(31-27)22-9-5-4-6-10-22/h4-16,20,27H,17-18H2,1-3H3,(H,30,34)(H,32,35)/t20?,27-/m1/s1. The lowest BCUT2D eigenvalue weighted by atomic mass is 10.0. The number of hydrogen-bond acceptors (Lipinski definition) is 4. The van der Waals surface area contributed by atoms with Gasteiger partial charge in [0.2, 0.25) is 18.0 Å². The van der Waals surface area contributed by atoms with E-state index in [1.54, 1.807) is 14.0 Å². The van der Waals surface area contributed by atoms with Crippen molar-refractivity contribution in [1.29, 1.82) is 0 Å². The molecule has 0 spiro atoms. The van der Waals surface area contributed by atoms with Gasteiger partial charge in [0.05, 0.1) is 11.4 Å². The number of carbonyl (C=O) groups is 3. The van der Waals surface area contributed by atoms with Crippen molar-refractivity contribution >= 4 is 29.1 Å². The maximum absolute atomic E-state index is 13.3. The minimum Gasteiger partial charge on any atom is -0.345 e. The van der Waals surface area contributed by atoms with Gasteiger partial charge in [0.15, 0.2) is 0 Å². The molecule has 2 N–H and O–H groups in total. The highest BCUT2D eigenvalue weighted by atomic mass is 16.2. The maximum atomic E-state index is 13.3. The molecular formula is C29H30N4O3. The zero-order valence-electron chi connectivity index (χ0n) is 20.7. The Morgan fingerprint density at radius 2 is 1.64 bits per heavy atom. The molecular weight excluding hydrogens is 452 g/mol. The van der Waals surface area contributed by atoms with Crippen LogP contribution in [0.15, 0.2) is 83.9 Å². The second-order valence-corrected chi connectivity index (χ2v) is 8.94. The predicted octanol–water partition coefficient (Wildman–Crippen LogP) is 3.39. The molecule has 3 aromatic carbocycles. The summed E-state index contributed by atoms with van der Waals surface area (Å²) in [5.41, 5.74) is 5.18. The first-order valence-corrected chi connectivity index (χ1v) is 12.0. The zero-order valence-corrected chi connectivity index (χ0v) is 20.7. The Hall–Kier alpha value is -4.26. The van der Waals surface area contributed by atoms with Gasteiger partial charge in [-0.1, -0.05) is 78.4 Å². The van der Waals surface area contributed by atoms with Crippen molar-refractivity contribution in [3.8, 4) is 0 Å². The average molecular weight is 483 g/mol. The summed E-state index contributed by atoms with van der Waals surface area (Å²) in [4.78, 5) is 44.9. The van der Waals surface area contributed by atoms with Crippen molar-refractivity contribution in [2.24, 2.45) is 4.99 Å². The van der Waals surface area contributed by atoms with Crippen LogP contribution < -0.4 is 15.5 Å². The number of aryl methyl sites for hydroxylation is 2. The minimum absolute atomic E-state index is 0.233. The molecule has 0 saturated heterocycles. The average Bonchev–Trinajstić information content (AvgIpc) is 2.99. The minimum atomic E-state index is -1.13. The van der Waals surface area contributed by atoms with Crippen LogP contribution in [0.3, 0.4) is 0 Å². The van der Waals surface area contributed by atoms with E-state index in [1.807, 2.05) is 85.8 Å². The third kappa shape index (κ3) is 5.68. The smallest absolute Gasteiger partial charge is 0.272 e. The Morgan fingerprint density at radius 1 is 0.972 bits per heavy atom. The van der Waals surface area contributed by atoms with Gasteiger partial charge < -0.3 is 15.5 Å². The van der Waals surface area contributed by atoms with Gasteiger partial charge in [0.1, 0.15) is 6.04 Å². The molecule has 1 aliphatic heterocycles. The highest BCUT2D eigenvalue weighted by Crippen LogP contribution is 2.27. The number of carbonyl (C=O) groups excluding carboxylic acids is 3. The van der Waals surface area contributed by atoms with Gasteiger partial charge in [-0.3, -0.25) is 14.4 Å². The normalized spacial score (nSPS) is 15.9. The van der Waals surface area contributed by atoms with E-state index >= 15 is 0 Å². The number of para-hydroxylation sites is 1. The molecule has 0 saturated carbocycles. The molecule has 0 radical (unpaired) electrons. The van der Waals surface area contributed by atoms with Crippen molar-refractivity contribution in [3.05, 3.63) is 101 Å². The number of benzodiazepines with no additional fused rings is 1.